The van der Waals surface area contributed by atoms with Crippen molar-refractivity contribution in [1.29, 1.82) is 0 Å². The van der Waals surface area contributed by atoms with Crippen LogP contribution < -0.4 is 10.2 Å². The number of anilines is 2. The maximum absolute atomic E-state index is 12.2. The van der Waals surface area contributed by atoms with Gasteiger partial charge in [0.15, 0.2) is 0 Å². The third-order valence-electron chi connectivity index (χ3n) is 3.72. The molecule has 1 unspecified atom stereocenters. The second kappa shape index (κ2) is 5.02. The van der Waals surface area contributed by atoms with E-state index in [1.807, 2.05) is 26.8 Å². The van der Waals surface area contributed by atoms with Gasteiger partial charge in [-0.2, -0.15) is 0 Å². The van der Waals surface area contributed by atoms with Gasteiger partial charge >= 0.3 is 6.09 Å². The zero-order valence-corrected chi connectivity index (χ0v) is 13.3. The summed E-state index contributed by atoms with van der Waals surface area (Å²) in [5, 5.41) is 3.96. The third-order valence-corrected chi connectivity index (χ3v) is 3.93. The highest BCUT2D eigenvalue weighted by Gasteiger charge is 2.35. The predicted molar refractivity (Wildman–Crippen MR) is 83.2 cm³/mol. The number of aromatic nitrogens is 1. The van der Waals surface area contributed by atoms with Crippen LogP contribution in [0.25, 0.3) is 0 Å². The monoisotopic (exact) mass is 312 g/mol. The van der Waals surface area contributed by atoms with E-state index in [0.717, 1.165) is 24.6 Å². The molecule has 0 aromatic carbocycles. The van der Waals surface area contributed by atoms with E-state index in [1.165, 1.54) is 0 Å². The Morgan fingerprint density at radius 2 is 2.19 bits per heavy atom. The number of carbonyl (C=O) groups is 1. The highest BCUT2D eigenvalue weighted by Crippen LogP contribution is 2.35. The Morgan fingerprint density at radius 3 is 2.90 bits per heavy atom. The van der Waals surface area contributed by atoms with Gasteiger partial charge in [0, 0.05) is 32.2 Å². The second-order valence-electron chi connectivity index (χ2n) is 6.53. The summed E-state index contributed by atoms with van der Waals surface area (Å²) >= 11 is 6.03. The first-order chi connectivity index (χ1) is 9.83. The lowest BCUT2D eigenvalue weighted by molar-refractivity contribution is 0.0217. The summed E-state index contributed by atoms with van der Waals surface area (Å²) in [6.45, 7) is 8.54. The standard InChI is InChI=1S/C14H21ClN4O2/c1-14(2,3)21-13(20)18-4-5-19-9(8-18)7-16-12-10(19)6-11(15)17-12/h6,9,16-17H,4-5,7-8H2,1-3H3. The van der Waals surface area contributed by atoms with E-state index in [1.54, 1.807) is 4.90 Å². The van der Waals surface area contributed by atoms with Crippen LogP contribution in [-0.2, 0) is 4.74 Å². The van der Waals surface area contributed by atoms with Crippen molar-refractivity contribution in [3.63, 3.8) is 0 Å². The minimum Gasteiger partial charge on any atom is -0.444 e. The molecule has 6 nitrogen and oxygen atoms in total. The third kappa shape index (κ3) is 2.90. The van der Waals surface area contributed by atoms with Gasteiger partial charge in [-0.15, -0.1) is 0 Å². The summed E-state index contributed by atoms with van der Waals surface area (Å²) in [4.78, 5) is 19.4. The lowest BCUT2D eigenvalue weighted by Gasteiger charge is -2.45. The Morgan fingerprint density at radius 1 is 1.43 bits per heavy atom. The summed E-state index contributed by atoms with van der Waals surface area (Å²) in [6, 6.07) is 2.17. The van der Waals surface area contributed by atoms with Crippen LogP contribution in [0.5, 0.6) is 0 Å². The van der Waals surface area contributed by atoms with Crippen LogP contribution in [-0.4, -0.2) is 53.8 Å². The van der Waals surface area contributed by atoms with Crippen LogP contribution in [0.1, 0.15) is 20.8 Å². The molecule has 3 heterocycles. The van der Waals surface area contributed by atoms with Crippen molar-refractivity contribution in [3.8, 4) is 0 Å². The maximum atomic E-state index is 12.2. The number of hydrogen-bond acceptors (Lipinski definition) is 4. The number of piperazine rings is 1. The molecular weight excluding hydrogens is 292 g/mol. The average Bonchev–Trinajstić information content (AvgIpc) is 2.76. The Kier molecular flexibility index (Phi) is 3.43. The molecule has 1 saturated heterocycles. The van der Waals surface area contributed by atoms with Crippen molar-refractivity contribution in [3.05, 3.63) is 11.2 Å². The molecule has 2 aliphatic rings. The molecule has 21 heavy (non-hydrogen) atoms. The molecule has 0 bridgehead atoms. The highest BCUT2D eigenvalue weighted by atomic mass is 35.5. The molecule has 1 fully saturated rings. The van der Waals surface area contributed by atoms with Crippen molar-refractivity contribution < 1.29 is 9.53 Å². The fourth-order valence-electron chi connectivity index (χ4n) is 2.83. The van der Waals surface area contributed by atoms with Gasteiger partial charge in [0.1, 0.15) is 16.6 Å². The Hall–Kier alpha value is -1.56. The quantitative estimate of drug-likeness (QED) is 0.773. The number of aromatic amines is 1. The molecule has 1 aromatic heterocycles. The van der Waals surface area contributed by atoms with Crippen LogP contribution >= 0.6 is 11.6 Å². The Labute approximate surface area is 129 Å². The van der Waals surface area contributed by atoms with Crippen LogP contribution in [0.4, 0.5) is 16.3 Å². The molecule has 0 saturated carbocycles. The number of H-pyrrole nitrogens is 1. The Balaban J connectivity index is 1.69. The van der Waals surface area contributed by atoms with Gasteiger partial charge in [0.2, 0.25) is 0 Å². The molecule has 1 amide bonds. The first-order valence-electron chi connectivity index (χ1n) is 7.20. The summed E-state index contributed by atoms with van der Waals surface area (Å²) < 4.78 is 5.45. The van der Waals surface area contributed by atoms with Gasteiger partial charge in [0.25, 0.3) is 0 Å². The van der Waals surface area contributed by atoms with Crippen LogP contribution in [0.15, 0.2) is 6.07 Å². The molecule has 2 aliphatic heterocycles. The summed E-state index contributed by atoms with van der Waals surface area (Å²) in [7, 11) is 0. The number of halogens is 1. The number of amides is 1. The molecule has 2 N–H and O–H groups in total. The van der Waals surface area contributed by atoms with Crippen molar-refractivity contribution in [2.75, 3.05) is 36.4 Å². The summed E-state index contributed by atoms with van der Waals surface area (Å²) in [5.41, 5.74) is 0.625. The zero-order chi connectivity index (χ0) is 15.2. The number of ether oxygens (including phenoxy) is 1. The lowest BCUT2D eigenvalue weighted by Crippen LogP contribution is -2.59. The highest BCUT2D eigenvalue weighted by molar-refractivity contribution is 6.30. The minimum absolute atomic E-state index is 0.236. The average molecular weight is 313 g/mol. The summed E-state index contributed by atoms with van der Waals surface area (Å²) in [5.74, 6) is 0.960. The van der Waals surface area contributed by atoms with Crippen LogP contribution in [0, 0.1) is 0 Å². The second-order valence-corrected chi connectivity index (χ2v) is 6.94. The number of fused-ring (bicyclic) bond motifs is 3. The minimum atomic E-state index is -0.458. The van der Waals surface area contributed by atoms with Gasteiger partial charge in [-0.3, -0.25) is 0 Å². The van der Waals surface area contributed by atoms with E-state index in [2.05, 4.69) is 15.2 Å². The van der Waals surface area contributed by atoms with Gasteiger partial charge in [-0.05, 0) is 20.8 Å². The van der Waals surface area contributed by atoms with E-state index in [0.29, 0.717) is 18.2 Å². The molecule has 1 aromatic rings. The largest absolute Gasteiger partial charge is 0.444 e. The molecule has 0 radical (unpaired) electrons. The number of rotatable bonds is 0. The zero-order valence-electron chi connectivity index (χ0n) is 12.6. The van der Waals surface area contributed by atoms with E-state index in [9.17, 15) is 4.79 Å². The Bertz CT molecular complexity index is 552. The fourth-order valence-corrected chi connectivity index (χ4v) is 3.03. The number of hydrogen-bond donors (Lipinski definition) is 2. The van der Waals surface area contributed by atoms with Crippen molar-refractivity contribution in [2.24, 2.45) is 0 Å². The number of nitrogens with zero attached hydrogens (tertiary/aromatic N) is 2. The van der Waals surface area contributed by atoms with E-state index >= 15 is 0 Å². The van der Waals surface area contributed by atoms with Crippen molar-refractivity contribution in [2.45, 2.75) is 32.4 Å². The van der Waals surface area contributed by atoms with Crippen LogP contribution in [0.2, 0.25) is 5.15 Å². The van der Waals surface area contributed by atoms with Gasteiger partial charge < -0.3 is 24.8 Å². The lowest BCUT2D eigenvalue weighted by atomic mass is 10.1. The molecule has 116 valence electrons. The van der Waals surface area contributed by atoms with E-state index in [-0.39, 0.29) is 12.1 Å². The fraction of sp³-hybridized carbons (Fsp3) is 0.643. The topological polar surface area (TPSA) is 60.6 Å². The molecule has 0 aliphatic carbocycles. The first kappa shape index (κ1) is 14.4. The van der Waals surface area contributed by atoms with Gasteiger partial charge in [-0.25, -0.2) is 4.79 Å². The van der Waals surface area contributed by atoms with Crippen molar-refractivity contribution >= 4 is 29.2 Å². The van der Waals surface area contributed by atoms with Crippen molar-refractivity contribution in [1.82, 2.24) is 9.88 Å². The molecule has 1 atom stereocenters. The SMILES string of the molecule is CC(C)(C)OC(=O)N1CCN2c3cc(Cl)[nH]c3NCC2C1. The molecule has 3 rings (SSSR count). The molecule has 7 heteroatoms. The van der Waals surface area contributed by atoms with Crippen LogP contribution in [0.3, 0.4) is 0 Å². The maximum Gasteiger partial charge on any atom is 0.410 e. The summed E-state index contributed by atoms with van der Waals surface area (Å²) in [6.07, 6.45) is -0.236. The number of carbonyl (C=O) groups excluding carboxylic acids is 1. The predicted octanol–water partition coefficient (Wildman–Crippen LogP) is 2.52. The van der Waals surface area contributed by atoms with Gasteiger partial charge in [0.05, 0.1) is 11.7 Å². The first-order valence-corrected chi connectivity index (χ1v) is 7.58. The normalized spacial score (nSPS) is 21.4. The molecular formula is C14H21ClN4O2. The smallest absolute Gasteiger partial charge is 0.410 e. The van der Waals surface area contributed by atoms with Gasteiger partial charge in [-0.1, -0.05) is 11.6 Å². The molecule has 0 spiro atoms. The van der Waals surface area contributed by atoms with E-state index in [4.69, 9.17) is 16.3 Å². The number of nitrogens with one attached hydrogen (secondary N) is 2. The van der Waals surface area contributed by atoms with E-state index < -0.39 is 5.60 Å².